The number of aliphatic hydroxyl groups excluding tert-OH is 6. The minimum atomic E-state index is -2.92. The highest BCUT2D eigenvalue weighted by Crippen LogP contribution is 2.32. The fraction of sp³-hybridized carbons (Fsp3) is 1.00. The SMILES string of the molecule is OC1[C@@H](O)[C@H](O)C(O)(C(O)O)[C@@H](O)[C@@H]1O. The molecular formula is C7H14O8. The Morgan fingerprint density at radius 2 is 1.07 bits per heavy atom. The van der Waals surface area contributed by atoms with E-state index in [4.69, 9.17) is 25.5 Å². The monoisotopic (exact) mass is 226 g/mol. The predicted octanol–water partition coefficient (Wildman–Crippen LogP) is -5.15. The van der Waals surface area contributed by atoms with Crippen molar-refractivity contribution in [2.24, 2.45) is 0 Å². The van der Waals surface area contributed by atoms with Crippen LogP contribution in [0.3, 0.4) is 0 Å². The largest absolute Gasteiger partial charge is 0.387 e. The van der Waals surface area contributed by atoms with Gasteiger partial charge in [0.1, 0.15) is 30.5 Å². The van der Waals surface area contributed by atoms with Crippen LogP contribution in [0.5, 0.6) is 0 Å². The third kappa shape index (κ3) is 1.65. The molecule has 4 atom stereocenters. The molecule has 0 aromatic heterocycles. The number of aliphatic hydroxyl groups is 8. The van der Waals surface area contributed by atoms with Gasteiger partial charge < -0.3 is 40.9 Å². The quantitative estimate of drug-likeness (QED) is 0.206. The highest BCUT2D eigenvalue weighted by molar-refractivity contribution is 5.09. The van der Waals surface area contributed by atoms with Gasteiger partial charge in [-0.15, -0.1) is 0 Å². The summed E-state index contributed by atoms with van der Waals surface area (Å²) in [5.41, 5.74) is -2.92. The minimum Gasteiger partial charge on any atom is -0.387 e. The molecule has 0 saturated heterocycles. The standard InChI is InChI=1S/C7H14O8/c8-1-2(9)4(11)7(15,6(13)14)5(12)3(1)10/h1-6,8-15H/t1?,2-,3-,4+,5+,7?/m1/s1. The fourth-order valence-electron chi connectivity index (χ4n) is 1.60. The molecule has 15 heavy (non-hydrogen) atoms. The van der Waals surface area contributed by atoms with E-state index in [1.807, 2.05) is 0 Å². The molecule has 0 unspecified atom stereocenters. The van der Waals surface area contributed by atoms with Crippen LogP contribution in [0.4, 0.5) is 0 Å². The van der Waals surface area contributed by atoms with Crippen LogP contribution in [0.15, 0.2) is 0 Å². The summed E-state index contributed by atoms with van der Waals surface area (Å²) in [6, 6.07) is 0. The molecular weight excluding hydrogens is 212 g/mol. The molecule has 8 nitrogen and oxygen atoms in total. The molecule has 1 aliphatic carbocycles. The van der Waals surface area contributed by atoms with E-state index in [0.29, 0.717) is 0 Å². The van der Waals surface area contributed by atoms with Crippen molar-refractivity contribution in [2.45, 2.75) is 42.4 Å². The van der Waals surface area contributed by atoms with Crippen molar-refractivity contribution in [1.82, 2.24) is 0 Å². The summed E-state index contributed by atoms with van der Waals surface area (Å²) in [6.07, 6.45) is -12.9. The van der Waals surface area contributed by atoms with Crippen molar-refractivity contribution >= 4 is 0 Å². The van der Waals surface area contributed by atoms with Crippen LogP contribution < -0.4 is 0 Å². The molecule has 1 saturated carbocycles. The van der Waals surface area contributed by atoms with Crippen LogP contribution in [-0.2, 0) is 0 Å². The van der Waals surface area contributed by atoms with Gasteiger partial charge in [0.2, 0.25) is 0 Å². The molecule has 0 spiro atoms. The second-order valence-electron chi connectivity index (χ2n) is 3.62. The first-order chi connectivity index (χ1) is 6.74. The van der Waals surface area contributed by atoms with E-state index in [9.17, 15) is 15.3 Å². The van der Waals surface area contributed by atoms with Crippen LogP contribution >= 0.6 is 0 Å². The summed E-state index contributed by atoms with van der Waals surface area (Å²) in [5, 5.41) is 73.1. The second-order valence-corrected chi connectivity index (χ2v) is 3.62. The Labute approximate surface area is 84.3 Å². The molecule has 0 amide bonds. The van der Waals surface area contributed by atoms with Crippen LogP contribution in [0.25, 0.3) is 0 Å². The molecule has 90 valence electrons. The molecule has 1 aliphatic rings. The Hall–Kier alpha value is -0.320. The smallest absolute Gasteiger partial charge is 0.186 e. The van der Waals surface area contributed by atoms with Gasteiger partial charge in [-0.2, -0.15) is 0 Å². The van der Waals surface area contributed by atoms with Crippen LogP contribution in [0.2, 0.25) is 0 Å². The number of hydrogen-bond acceptors (Lipinski definition) is 8. The van der Waals surface area contributed by atoms with Gasteiger partial charge in [-0.05, 0) is 0 Å². The number of rotatable bonds is 1. The Morgan fingerprint density at radius 3 is 1.33 bits per heavy atom. The van der Waals surface area contributed by atoms with Gasteiger partial charge in [-0.1, -0.05) is 0 Å². The molecule has 0 bridgehead atoms. The van der Waals surface area contributed by atoms with E-state index in [1.165, 1.54) is 0 Å². The van der Waals surface area contributed by atoms with E-state index in [2.05, 4.69) is 0 Å². The lowest BCUT2D eigenvalue weighted by Gasteiger charge is -2.48. The zero-order valence-electron chi connectivity index (χ0n) is 7.54. The first-order valence-corrected chi connectivity index (χ1v) is 4.23. The summed E-state index contributed by atoms with van der Waals surface area (Å²) >= 11 is 0. The highest BCUT2D eigenvalue weighted by atomic mass is 16.5. The van der Waals surface area contributed by atoms with E-state index in [0.717, 1.165) is 0 Å². The third-order valence-corrected chi connectivity index (χ3v) is 2.71. The van der Waals surface area contributed by atoms with Gasteiger partial charge in [0.15, 0.2) is 11.9 Å². The molecule has 0 heterocycles. The molecule has 0 aliphatic heterocycles. The third-order valence-electron chi connectivity index (χ3n) is 2.71. The maximum absolute atomic E-state index is 9.51. The first kappa shape index (κ1) is 12.7. The normalized spacial score (nSPS) is 52.2. The van der Waals surface area contributed by atoms with Gasteiger partial charge >= 0.3 is 0 Å². The van der Waals surface area contributed by atoms with Gasteiger partial charge in [0.25, 0.3) is 0 Å². The van der Waals surface area contributed by atoms with Gasteiger partial charge in [0, 0.05) is 0 Å². The zero-order chi connectivity index (χ0) is 12.0. The molecule has 8 heteroatoms. The fourth-order valence-corrected chi connectivity index (χ4v) is 1.60. The van der Waals surface area contributed by atoms with Crippen molar-refractivity contribution in [3.63, 3.8) is 0 Å². The summed E-state index contributed by atoms with van der Waals surface area (Å²) in [6.45, 7) is 0. The van der Waals surface area contributed by atoms with Gasteiger partial charge in [0.05, 0.1) is 0 Å². The lowest BCUT2D eigenvalue weighted by Crippen LogP contribution is -2.74. The second kappa shape index (κ2) is 3.92. The Bertz CT molecular complexity index is 215. The van der Waals surface area contributed by atoms with Gasteiger partial charge in [-0.25, -0.2) is 0 Å². The lowest BCUT2D eigenvalue weighted by atomic mass is 9.74. The summed E-state index contributed by atoms with van der Waals surface area (Å²) in [5.74, 6) is 0. The Morgan fingerprint density at radius 1 is 0.733 bits per heavy atom. The Balaban J connectivity index is 3.07. The van der Waals surface area contributed by atoms with Gasteiger partial charge in [-0.3, -0.25) is 0 Å². The summed E-state index contributed by atoms with van der Waals surface area (Å²) in [7, 11) is 0. The van der Waals surface area contributed by atoms with Crippen molar-refractivity contribution in [3.8, 4) is 0 Å². The van der Waals surface area contributed by atoms with Crippen LogP contribution in [0, 0.1) is 0 Å². The summed E-state index contributed by atoms with van der Waals surface area (Å²) in [4.78, 5) is 0. The molecule has 0 radical (unpaired) electrons. The summed E-state index contributed by atoms with van der Waals surface area (Å²) < 4.78 is 0. The van der Waals surface area contributed by atoms with E-state index >= 15 is 0 Å². The molecule has 1 fully saturated rings. The lowest BCUT2D eigenvalue weighted by molar-refractivity contribution is -0.325. The topological polar surface area (TPSA) is 162 Å². The van der Waals surface area contributed by atoms with Crippen molar-refractivity contribution in [2.75, 3.05) is 0 Å². The average molecular weight is 226 g/mol. The molecule has 1 rings (SSSR count). The molecule has 8 N–H and O–H groups in total. The van der Waals surface area contributed by atoms with E-state index < -0.39 is 42.4 Å². The highest BCUT2D eigenvalue weighted by Gasteiger charge is 2.60. The zero-order valence-corrected chi connectivity index (χ0v) is 7.54. The minimum absolute atomic E-state index is 1.89. The average Bonchev–Trinajstić information content (AvgIpc) is 2.20. The van der Waals surface area contributed by atoms with Crippen molar-refractivity contribution < 1.29 is 40.9 Å². The molecule has 0 aromatic carbocycles. The Kier molecular flexibility index (Phi) is 3.33. The maximum atomic E-state index is 9.51. The molecule has 0 aromatic rings. The van der Waals surface area contributed by atoms with Crippen molar-refractivity contribution in [1.29, 1.82) is 0 Å². The van der Waals surface area contributed by atoms with Crippen LogP contribution in [0.1, 0.15) is 0 Å². The van der Waals surface area contributed by atoms with Crippen LogP contribution in [-0.4, -0.2) is 83.3 Å². The maximum Gasteiger partial charge on any atom is 0.186 e. The predicted molar refractivity (Wildman–Crippen MR) is 43.2 cm³/mol. The van der Waals surface area contributed by atoms with Crippen molar-refractivity contribution in [3.05, 3.63) is 0 Å². The first-order valence-electron chi connectivity index (χ1n) is 4.23. The van der Waals surface area contributed by atoms with E-state index in [1.54, 1.807) is 0 Å². The van der Waals surface area contributed by atoms with E-state index in [-0.39, 0.29) is 0 Å². The number of hydrogen-bond donors (Lipinski definition) is 8.